The molecule has 29 heavy (non-hydrogen) atoms. The summed E-state index contributed by atoms with van der Waals surface area (Å²) in [5.74, 6) is -2.21. The molecule has 3 N–H and O–H groups in total. The summed E-state index contributed by atoms with van der Waals surface area (Å²) in [5, 5.41) is 14.7. The average molecular weight is 420 g/mol. The molecule has 0 fully saturated rings. The number of carbonyl (C=O) groups excluding carboxylic acids is 1. The molecule has 11 heteroatoms. The smallest absolute Gasteiger partial charge is 0.489 e. The van der Waals surface area contributed by atoms with Gasteiger partial charge in [0.25, 0.3) is 0 Å². The highest BCUT2D eigenvalue weighted by atomic mass is 19.4. The minimum absolute atomic E-state index is 0.00221. The van der Waals surface area contributed by atoms with Gasteiger partial charge in [0.1, 0.15) is 18.2 Å². The zero-order valence-electron chi connectivity index (χ0n) is 14.8. The molecule has 158 valence electrons. The lowest BCUT2D eigenvalue weighted by Crippen LogP contribution is -2.39. The van der Waals surface area contributed by atoms with Crippen LogP contribution >= 0.6 is 0 Å². The van der Waals surface area contributed by atoms with Crippen LogP contribution in [-0.4, -0.2) is 37.2 Å². The molecule has 0 saturated heterocycles. The maximum absolute atomic E-state index is 13.4. The Kier molecular flexibility index (Phi) is 7.59. The van der Waals surface area contributed by atoms with Gasteiger partial charge >= 0.3 is 12.4 Å². The normalized spacial score (nSPS) is 12.2. The predicted molar refractivity (Wildman–Crippen MR) is 91.3 cm³/mol. The van der Waals surface area contributed by atoms with E-state index < -0.39 is 35.9 Å². The number of benzene rings is 2. The van der Waals surface area contributed by atoms with E-state index in [1.165, 1.54) is 12.1 Å². The van der Waals surface area contributed by atoms with Crippen molar-refractivity contribution in [1.29, 1.82) is 0 Å². The molecule has 2 aromatic carbocycles. The fraction of sp³-hybridized carbons (Fsp3) is 0.278. The van der Waals surface area contributed by atoms with E-state index in [9.17, 15) is 31.9 Å². The van der Waals surface area contributed by atoms with Crippen molar-refractivity contribution in [3.05, 3.63) is 59.7 Å². The van der Waals surface area contributed by atoms with E-state index in [4.69, 9.17) is 4.74 Å². The Bertz CT molecular complexity index is 815. The lowest BCUT2D eigenvalue weighted by atomic mass is 10.1. The summed E-state index contributed by atoms with van der Waals surface area (Å²) < 4.78 is 71.2. The first kappa shape index (κ1) is 22.2. The minimum atomic E-state index is -4.81. The van der Waals surface area contributed by atoms with E-state index in [2.05, 4.69) is 15.4 Å². The Morgan fingerprint density at radius 1 is 1.07 bits per heavy atom. The molecule has 0 aliphatic heterocycles. The van der Waals surface area contributed by atoms with Gasteiger partial charge in [-0.05, 0) is 29.8 Å². The van der Waals surface area contributed by atoms with Gasteiger partial charge in [-0.3, -0.25) is 0 Å². The second kappa shape index (κ2) is 9.92. The minimum Gasteiger partial charge on any atom is -0.489 e. The number of alkyl halides is 3. The maximum Gasteiger partial charge on any atom is 0.573 e. The van der Waals surface area contributed by atoms with Gasteiger partial charge in [-0.2, -0.15) is 0 Å². The molecule has 0 aliphatic rings. The number of hydrogen-bond acceptors (Lipinski definition) is 4. The molecule has 2 amide bonds. The van der Waals surface area contributed by atoms with Gasteiger partial charge in [0, 0.05) is 12.6 Å². The van der Waals surface area contributed by atoms with Crippen molar-refractivity contribution in [3.63, 3.8) is 0 Å². The van der Waals surface area contributed by atoms with E-state index >= 15 is 0 Å². The fourth-order valence-electron chi connectivity index (χ4n) is 2.18. The van der Waals surface area contributed by atoms with Gasteiger partial charge < -0.3 is 25.2 Å². The molecule has 1 atom stereocenters. The second-order valence-corrected chi connectivity index (χ2v) is 5.69. The number of ether oxygens (including phenoxy) is 2. The molecule has 6 nitrogen and oxygen atoms in total. The van der Waals surface area contributed by atoms with Crippen molar-refractivity contribution in [2.45, 2.75) is 12.5 Å². The molecule has 2 aromatic rings. The topological polar surface area (TPSA) is 79.8 Å². The highest BCUT2D eigenvalue weighted by Crippen LogP contribution is 2.24. The average Bonchev–Trinajstić information content (AvgIpc) is 2.64. The number of halogens is 5. The summed E-state index contributed by atoms with van der Waals surface area (Å²) in [6.07, 6.45) is -5.98. The van der Waals surface area contributed by atoms with Crippen LogP contribution in [-0.2, 0) is 0 Å². The van der Waals surface area contributed by atoms with Crippen LogP contribution in [0.2, 0.25) is 0 Å². The summed E-state index contributed by atoms with van der Waals surface area (Å²) in [6, 6.07) is 6.71. The Morgan fingerprint density at radius 2 is 1.76 bits per heavy atom. The van der Waals surface area contributed by atoms with E-state index in [0.29, 0.717) is 6.07 Å². The quantitative estimate of drug-likeness (QED) is 0.453. The monoisotopic (exact) mass is 420 g/mol. The molecule has 0 heterocycles. The van der Waals surface area contributed by atoms with Crippen LogP contribution in [0.25, 0.3) is 0 Å². The van der Waals surface area contributed by atoms with Gasteiger partial charge in [0.15, 0.2) is 11.6 Å². The van der Waals surface area contributed by atoms with E-state index in [0.717, 1.165) is 24.3 Å². The zero-order chi connectivity index (χ0) is 21.4. The van der Waals surface area contributed by atoms with E-state index in [1.807, 2.05) is 0 Å². The van der Waals surface area contributed by atoms with Gasteiger partial charge in [0.05, 0.1) is 12.6 Å². The molecule has 0 aromatic heterocycles. The van der Waals surface area contributed by atoms with Gasteiger partial charge in [-0.15, -0.1) is 13.2 Å². The number of aliphatic hydroxyl groups is 1. The summed E-state index contributed by atoms with van der Waals surface area (Å²) in [4.78, 5) is 11.7. The Balaban J connectivity index is 1.69. The summed E-state index contributed by atoms with van der Waals surface area (Å²) in [6.45, 7) is -0.291. The molecular weight excluding hydrogens is 403 g/mol. The molecule has 2 rings (SSSR count). The molecule has 1 unspecified atom stereocenters. The first-order valence-corrected chi connectivity index (χ1v) is 8.27. The van der Waals surface area contributed by atoms with Crippen LogP contribution in [0.1, 0.15) is 11.7 Å². The zero-order valence-corrected chi connectivity index (χ0v) is 14.8. The molecule has 0 radical (unpaired) electrons. The highest BCUT2D eigenvalue weighted by molar-refractivity contribution is 5.73. The Morgan fingerprint density at radius 3 is 2.38 bits per heavy atom. The Labute approximate surface area is 162 Å². The largest absolute Gasteiger partial charge is 0.573 e. The number of hydrogen-bond donors (Lipinski definition) is 3. The van der Waals surface area contributed by atoms with Crippen molar-refractivity contribution in [2.24, 2.45) is 0 Å². The van der Waals surface area contributed by atoms with E-state index in [-0.39, 0.29) is 31.0 Å². The fourth-order valence-corrected chi connectivity index (χ4v) is 2.18. The summed E-state index contributed by atoms with van der Waals surface area (Å²) in [5.41, 5.74) is 0.273. The third-order valence-electron chi connectivity index (χ3n) is 3.49. The van der Waals surface area contributed by atoms with Crippen LogP contribution in [0.15, 0.2) is 42.5 Å². The van der Waals surface area contributed by atoms with Gasteiger partial charge in [-0.25, -0.2) is 13.6 Å². The molecule has 0 aliphatic carbocycles. The molecule has 0 bridgehead atoms. The Hall–Kier alpha value is -3.08. The highest BCUT2D eigenvalue weighted by Gasteiger charge is 2.31. The standard InChI is InChI=1S/C18H17F5N2O4/c19-12-3-6-16(14(20)9-12)28-8-7-24-17(27)25-10-15(26)11-1-4-13(5-2-11)29-18(21,22)23/h1-6,9,15,26H,7-8,10H2,(H2,24,25,27). The van der Waals surface area contributed by atoms with Crippen LogP contribution < -0.4 is 20.1 Å². The number of amides is 2. The van der Waals surface area contributed by atoms with Crippen molar-refractivity contribution in [3.8, 4) is 11.5 Å². The third-order valence-corrected chi connectivity index (χ3v) is 3.49. The van der Waals surface area contributed by atoms with Gasteiger partial charge in [-0.1, -0.05) is 12.1 Å². The predicted octanol–water partition coefficient (Wildman–Crippen LogP) is 3.28. The lowest BCUT2D eigenvalue weighted by molar-refractivity contribution is -0.274. The van der Waals surface area contributed by atoms with Crippen LogP contribution in [0.4, 0.5) is 26.7 Å². The summed E-state index contributed by atoms with van der Waals surface area (Å²) in [7, 11) is 0. The third kappa shape index (κ3) is 7.82. The lowest BCUT2D eigenvalue weighted by Gasteiger charge is -2.14. The van der Waals surface area contributed by atoms with Crippen molar-refractivity contribution in [2.75, 3.05) is 19.7 Å². The van der Waals surface area contributed by atoms with Gasteiger partial charge in [0.2, 0.25) is 0 Å². The van der Waals surface area contributed by atoms with Crippen molar-refractivity contribution >= 4 is 6.03 Å². The van der Waals surface area contributed by atoms with Crippen molar-refractivity contribution in [1.82, 2.24) is 10.6 Å². The van der Waals surface area contributed by atoms with Crippen LogP contribution in [0, 0.1) is 11.6 Å². The van der Waals surface area contributed by atoms with Crippen LogP contribution in [0.3, 0.4) is 0 Å². The number of aliphatic hydroxyl groups excluding tert-OH is 1. The molecular formula is C18H17F5N2O4. The number of nitrogens with one attached hydrogen (secondary N) is 2. The number of rotatable bonds is 8. The number of carbonyl (C=O) groups is 1. The number of urea groups is 1. The maximum atomic E-state index is 13.4. The molecule has 0 saturated carbocycles. The molecule has 0 spiro atoms. The summed E-state index contributed by atoms with van der Waals surface area (Å²) >= 11 is 0. The first-order valence-electron chi connectivity index (χ1n) is 8.27. The van der Waals surface area contributed by atoms with Crippen molar-refractivity contribution < 1.29 is 41.3 Å². The van der Waals surface area contributed by atoms with E-state index in [1.54, 1.807) is 0 Å². The second-order valence-electron chi connectivity index (χ2n) is 5.69. The SMILES string of the molecule is O=C(NCCOc1ccc(F)cc1F)NCC(O)c1ccc(OC(F)(F)F)cc1. The first-order chi connectivity index (χ1) is 13.6. The van der Waals surface area contributed by atoms with Crippen LogP contribution in [0.5, 0.6) is 11.5 Å².